The van der Waals surface area contributed by atoms with Gasteiger partial charge < -0.3 is 9.14 Å². The molecule has 0 N–H and O–H groups in total. The van der Waals surface area contributed by atoms with Crippen LogP contribution in [0.15, 0.2) is 54.7 Å². The number of rotatable bonds is 5. The molecule has 3 aromatic rings. The van der Waals surface area contributed by atoms with Gasteiger partial charge in [-0.05, 0) is 62.1 Å². The van der Waals surface area contributed by atoms with Gasteiger partial charge in [0.2, 0.25) is 0 Å². The van der Waals surface area contributed by atoms with E-state index in [9.17, 15) is 0 Å². The Balaban J connectivity index is 1.53. The Bertz CT molecular complexity index is 860. The number of likely N-dealkylation sites (tertiary alicyclic amines) is 1. The predicted molar refractivity (Wildman–Crippen MR) is 108 cm³/mol. The number of piperidine rings is 1. The van der Waals surface area contributed by atoms with Crippen molar-refractivity contribution in [2.45, 2.75) is 45.8 Å². The summed E-state index contributed by atoms with van der Waals surface area (Å²) in [6.07, 6.45) is 7.27. The number of ether oxygens (including phenoxy) is 1. The minimum absolute atomic E-state index is 0.194. The van der Waals surface area contributed by atoms with Gasteiger partial charge in [0.25, 0.3) is 0 Å². The third-order valence-corrected chi connectivity index (χ3v) is 5.52. The van der Waals surface area contributed by atoms with Gasteiger partial charge in [-0.2, -0.15) is 0 Å². The summed E-state index contributed by atoms with van der Waals surface area (Å²) in [6.45, 7) is 6.71. The minimum atomic E-state index is 0.194. The third kappa shape index (κ3) is 3.36. The molecule has 1 unspecified atom stereocenters. The van der Waals surface area contributed by atoms with E-state index in [-0.39, 0.29) is 6.23 Å². The average Bonchev–Trinajstić information content (AvgIpc) is 3.04. The number of benzene rings is 1. The van der Waals surface area contributed by atoms with Crippen LogP contribution in [-0.4, -0.2) is 28.6 Å². The Morgan fingerprint density at radius 3 is 2.46 bits per heavy atom. The first kappa shape index (κ1) is 17.2. The molecule has 136 valence electrons. The Hall–Kier alpha value is -2.26. The van der Waals surface area contributed by atoms with Crippen LogP contribution in [-0.2, 0) is 0 Å². The molecule has 2 aromatic heterocycles. The molecule has 0 aliphatic carbocycles. The summed E-state index contributed by atoms with van der Waals surface area (Å²) in [5.74, 6) is 0.965. The van der Waals surface area contributed by atoms with Crippen LogP contribution >= 0.6 is 0 Å². The highest BCUT2D eigenvalue weighted by atomic mass is 16.5. The minimum Gasteiger partial charge on any atom is -0.475 e. The first-order valence-electron chi connectivity index (χ1n) is 9.84. The van der Waals surface area contributed by atoms with E-state index in [1.165, 1.54) is 41.6 Å². The molecule has 26 heavy (non-hydrogen) atoms. The zero-order valence-electron chi connectivity index (χ0n) is 15.8. The van der Waals surface area contributed by atoms with E-state index in [4.69, 9.17) is 4.74 Å². The lowest BCUT2D eigenvalue weighted by atomic mass is 10.1. The zero-order valence-corrected chi connectivity index (χ0v) is 15.8. The summed E-state index contributed by atoms with van der Waals surface area (Å²) in [7, 11) is 0. The van der Waals surface area contributed by atoms with E-state index in [1.807, 2.05) is 0 Å². The van der Waals surface area contributed by atoms with Crippen LogP contribution < -0.4 is 4.74 Å². The van der Waals surface area contributed by atoms with Crippen molar-refractivity contribution in [1.29, 1.82) is 0 Å². The first-order valence-corrected chi connectivity index (χ1v) is 9.84. The predicted octanol–water partition coefficient (Wildman–Crippen LogP) is 5.52. The van der Waals surface area contributed by atoms with Crippen LogP contribution in [0.5, 0.6) is 5.75 Å². The van der Waals surface area contributed by atoms with Gasteiger partial charge in [-0.3, -0.25) is 4.90 Å². The van der Waals surface area contributed by atoms with Gasteiger partial charge in [-0.1, -0.05) is 31.5 Å². The van der Waals surface area contributed by atoms with Crippen LogP contribution in [0.1, 0.15) is 38.3 Å². The van der Waals surface area contributed by atoms with Gasteiger partial charge in [-0.25, -0.2) is 0 Å². The van der Waals surface area contributed by atoms with E-state index in [2.05, 4.69) is 77.9 Å². The van der Waals surface area contributed by atoms with E-state index in [1.54, 1.807) is 0 Å². The smallest absolute Gasteiger partial charge is 0.152 e. The molecule has 1 aliphatic heterocycles. The number of nitrogens with zero attached hydrogens (tertiary/aromatic N) is 2. The van der Waals surface area contributed by atoms with Crippen molar-refractivity contribution in [2.24, 2.45) is 0 Å². The zero-order chi connectivity index (χ0) is 17.9. The number of aryl methyl sites for hydroxylation is 1. The summed E-state index contributed by atoms with van der Waals surface area (Å²) in [5.41, 5.74) is 5.03. The number of pyridine rings is 1. The molecule has 3 nitrogen and oxygen atoms in total. The van der Waals surface area contributed by atoms with E-state index in [0.717, 1.165) is 25.3 Å². The molecule has 0 radical (unpaired) electrons. The van der Waals surface area contributed by atoms with Gasteiger partial charge in [0, 0.05) is 36.1 Å². The fourth-order valence-corrected chi connectivity index (χ4v) is 4.05. The fourth-order valence-electron chi connectivity index (χ4n) is 4.05. The van der Waals surface area contributed by atoms with Crippen LogP contribution in [0.25, 0.3) is 16.6 Å². The lowest BCUT2D eigenvalue weighted by Gasteiger charge is -2.34. The molecule has 1 aliphatic rings. The van der Waals surface area contributed by atoms with Gasteiger partial charge in [-0.15, -0.1) is 0 Å². The van der Waals surface area contributed by atoms with Gasteiger partial charge in [0.05, 0.1) is 0 Å². The van der Waals surface area contributed by atoms with Crippen LogP contribution in [0.2, 0.25) is 0 Å². The molecule has 3 heteroatoms. The third-order valence-electron chi connectivity index (χ3n) is 5.52. The summed E-state index contributed by atoms with van der Waals surface area (Å²) >= 11 is 0. The normalized spacial score (nSPS) is 16.7. The molecule has 1 fully saturated rings. The Morgan fingerprint density at radius 2 is 1.77 bits per heavy atom. The van der Waals surface area contributed by atoms with Gasteiger partial charge in [0.15, 0.2) is 6.23 Å². The SMILES string of the molecule is CCC(Oc1ccc(-c2cc3ccccn3c2C)cc1)N1CCCCC1. The number of hydrogen-bond acceptors (Lipinski definition) is 2. The molecule has 1 atom stereocenters. The molecule has 1 saturated heterocycles. The standard InChI is InChI=1S/C23H28N2O/c1-3-23(24-14-6-4-7-15-24)26-21-12-10-19(11-13-21)22-17-20-9-5-8-16-25(20)18(22)2/h5,8-13,16-17,23H,3-4,6-7,14-15H2,1-2H3. The molecule has 0 spiro atoms. The Morgan fingerprint density at radius 1 is 1.00 bits per heavy atom. The van der Waals surface area contributed by atoms with Crippen molar-refractivity contribution in [3.63, 3.8) is 0 Å². The van der Waals surface area contributed by atoms with E-state index < -0.39 is 0 Å². The summed E-state index contributed by atoms with van der Waals surface area (Å²) in [6, 6.07) is 17.2. The molecule has 0 bridgehead atoms. The molecular formula is C23H28N2O. The second kappa shape index (κ2) is 7.55. The fraction of sp³-hybridized carbons (Fsp3) is 0.391. The lowest BCUT2D eigenvalue weighted by Crippen LogP contribution is -2.42. The van der Waals surface area contributed by atoms with Crippen molar-refractivity contribution in [3.8, 4) is 16.9 Å². The molecule has 1 aromatic carbocycles. The average molecular weight is 348 g/mol. The monoisotopic (exact) mass is 348 g/mol. The number of fused-ring (bicyclic) bond motifs is 1. The molecule has 4 rings (SSSR count). The van der Waals surface area contributed by atoms with Crippen LogP contribution in [0.3, 0.4) is 0 Å². The van der Waals surface area contributed by atoms with Crippen molar-refractivity contribution >= 4 is 5.52 Å². The Labute approximate surface area is 156 Å². The van der Waals surface area contributed by atoms with Crippen molar-refractivity contribution in [3.05, 3.63) is 60.4 Å². The summed E-state index contributed by atoms with van der Waals surface area (Å²) in [4.78, 5) is 2.49. The van der Waals surface area contributed by atoms with Crippen molar-refractivity contribution in [2.75, 3.05) is 13.1 Å². The van der Waals surface area contributed by atoms with Crippen LogP contribution in [0, 0.1) is 6.92 Å². The summed E-state index contributed by atoms with van der Waals surface area (Å²) in [5, 5.41) is 0. The number of aromatic nitrogens is 1. The highest BCUT2D eigenvalue weighted by Gasteiger charge is 2.20. The maximum Gasteiger partial charge on any atom is 0.152 e. The van der Waals surface area contributed by atoms with E-state index >= 15 is 0 Å². The largest absolute Gasteiger partial charge is 0.475 e. The topological polar surface area (TPSA) is 16.9 Å². The summed E-state index contributed by atoms with van der Waals surface area (Å²) < 4.78 is 8.54. The molecule has 0 saturated carbocycles. The maximum atomic E-state index is 6.30. The van der Waals surface area contributed by atoms with Gasteiger partial charge in [0.1, 0.15) is 5.75 Å². The Kier molecular flexibility index (Phi) is 4.98. The van der Waals surface area contributed by atoms with Crippen LogP contribution in [0.4, 0.5) is 0 Å². The maximum absolute atomic E-state index is 6.30. The molecular weight excluding hydrogens is 320 g/mol. The van der Waals surface area contributed by atoms with Crippen molar-refractivity contribution < 1.29 is 4.74 Å². The molecule has 3 heterocycles. The highest BCUT2D eigenvalue weighted by molar-refractivity contribution is 5.74. The lowest BCUT2D eigenvalue weighted by molar-refractivity contribution is 0.00983. The first-order chi connectivity index (χ1) is 12.8. The van der Waals surface area contributed by atoms with Gasteiger partial charge >= 0.3 is 0 Å². The molecule has 0 amide bonds. The van der Waals surface area contributed by atoms with E-state index in [0.29, 0.717) is 0 Å². The second-order valence-electron chi connectivity index (χ2n) is 7.24. The second-order valence-corrected chi connectivity index (χ2v) is 7.24. The quantitative estimate of drug-likeness (QED) is 0.604. The highest BCUT2D eigenvalue weighted by Crippen LogP contribution is 2.29. The van der Waals surface area contributed by atoms with Crippen molar-refractivity contribution in [1.82, 2.24) is 9.30 Å². The number of hydrogen-bond donors (Lipinski definition) is 0.